The fourth-order valence-corrected chi connectivity index (χ4v) is 3.34. The first-order valence-electron chi connectivity index (χ1n) is 6.84. The summed E-state index contributed by atoms with van der Waals surface area (Å²) in [6, 6.07) is 11.0. The summed E-state index contributed by atoms with van der Waals surface area (Å²) in [7, 11) is -2.73. The molecule has 0 aliphatic heterocycles. The van der Waals surface area contributed by atoms with E-state index >= 15 is 0 Å². The lowest BCUT2D eigenvalue weighted by atomic mass is 9.95. The van der Waals surface area contributed by atoms with E-state index in [1.165, 1.54) is 37.4 Å². The van der Waals surface area contributed by atoms with Crippen molar-refractivity contribution in [1.82, 2.24) is 4.72 Å². The van der Waals surface area contributed by atoms with Crippen LogP contribution < -0.4 is 4.72 Å². The topological polar surface area (TPSA) is 55.4 Å². The zero-order valence-corrected chi connectivity index (χ0v) is 13.5. The van der Waals surface area contributed by atoms with Gasteiger partial charge in [0.15, 0.2) is 0 Å². The largest absolute Gasteiger partial charge is 0.372 e. The van der Waals surface area contributed by atoms with Crippen LogP contribution in [-0.2, 0) is 20.4 Å². The highest BCUT2D eigenvalue weighted by Crippen LogP contribution is 2.27. The van der Waals surface area contributed by atoms with Crippen molar-refractivity contribution in [2.24, 2.45) is 0 Å². The molecule has 0 saturated carbocycles. The fraction of sp³-hybridized carbons (Fsp3) is 0.250. The number of methoxy groups -OCH3 is 1. The third-order valence-corrected chi connectivity index (χ3v) is 5.05. The van der Waals surface area contributed by atoms with Gasteiger partial charge in [-0.05, 0) is 25.1 Å². The Labute approximate surface area is 134 Å². The van der Waals surface area contributed by atoms with Crippen LogP contribution in [-0.4, -0.2) is 22.1 Å². The number of rotatable bonds is 6. The second-order valence-electron chi connectivity index (χ2n) is 5.17. The van der Waals surface area contributed by atoms with Gasteiger partial charge in [0, 0.05) is 19.2 Å². The molecule has 0 spiro atoms. The van der Waals surface area contributed by atoms with Gasteiger partial charge in [0.1, 0.15) is 22.1 Å². The van der Waals surface area contributed by atoms with E-state index < -0.39 is 32.2 Å². The van der Waals surface area contributed by atoms with Gasteiger partial charge in [-0.15, -0.1) is 0 Å². The van der Waals surface area contributed by atoms with Crippen molar-refractivity contribution >= 4 is 10.0 Å². The quantitative estimate of drug-likeness (QED) is 0.879. The summed E-state index contributed by atoms with van der Waals surface area (Å²) in [5.41, 5.74) is -1.03. The van der Waals surface area contributed by atoms with Gasteiger partial charge < -0.3 is 4.74 Å². The van der Waals surface area contributed by atoms with Crippen LogP contribution in [0.2, 0.25) is 0 Å². The lowest BCUT2D eigenvalue weighted by Gasteiger charge is -2.29. The molecular formula is C16H17F2NO3S. The van der Waals surface area contributed by atoms with Crippen molar-refractivity contribution in [3.8, 4) is 0 Å². The number of nitrogens with one attached hydrogen (secondary N) is 1. The standard InChI is InChI=1S/C16H17F2NO3S/c1-16(22-2,12-7-3-4-8-13(12)17)11-19-23(20,21)15-10-6-5-9-14(15)18/h3-10,19H,11H2,1-2H3. The van der Waals surface area contributed by atoms with Crippen LogP contribution in [0, 0.1) is 11.6 Å². The van der Waals surface area contributed by atoms with Gasteiger partial charge in [0.25, 0.3) is 0 Å². The molecule has 1 atom stereocenters. The maximum absolute atomic E-state index is 14.0. The zero-order valence-electron chi connectivity index (χ0n) is 12.7. The smallest absolute Gasteiger partial charge is 0.243 e. The number of hydrogen-bond acceptors (Lipinski definition) is 3. The maximum atomic E-state index is 14.0. The molecule has 2 rings (SSSR count). The van der Waals surface area contributed by atoms with Crippen molar-refractivity contribution < 1.29 is 21.9 Å². The van der Waals surface area contributed by atoms with Gasteiger partial charge in [0.2, 0.25) is 10.0 Å². The van der Waals surface area contributed by atoms with Crippen molar-refractivity contribution in [3.63, 3.8) is 0 Å². The average Bonchev–Trinajstić information content (AvgIpc) is 2.53. The highest BCUT2D eigenvalue weighted by Gasteiger charge is 2.31. The number of benzene rings is 2. The monoisotopic (exact) mass is 341 g/mol. The van der Waals surface area contributed by atoms with Gasteiger partial charge in [-0.25, -0.2) is 21.9 Å². The van der Waals surface area contributed by atoms with E-state index in [1.54, 1.807) is 13.0 Å². The lowest BCUT2D eigenvalue weighted by molar-refractivity contribution is 0.00409. The Bertz CT molecular complexity index is 795. The van der Waals surface area contributed by atoms with Gasteiger partial charge in [-0.1, -0.05) is 30.3 Å². The van der Waals surface area contributed by atoms with Crippen LogP contribution in [0.15, 0.2) is 53.4 Å². The summed E-state index contributed by atoms with van der Waals surface area (Å²) in [5, 5.41) is 0. The summed E-state index contributed by atoms with van der Waals surface area (Å²) in [4.78, 5) is -0.466. The third-order valence-electron chi connectivity index (χ3n) is 3.62. The van der Waals surface area contributed by atoms with Gasteiger partial charge in [0.05, 0.1) is 0 Å². The van der Waals surface area contributed by atoms with E-state index in [1.807, 2.05) is 0 Å². The Hall–Kier alpha value is -1.83. The Morgan fingerprint density at radius 3 is 2.17 bits per heavy atom. The van der Waals surface area contributed by atoms with Crippen LogP contribution in [0.1, 0.15) is 12.5 Å². The predicted molar refractivity (Wildman–Crippen MR) is 82.3 cm³/mol. The normalized spacial score (nSPS) is 14.4. The van der Waals surface area contributed by atoms with E-state index in [0.717, 1.165) is 12.1 Å². The number of hydrogen-bond donors (Lipinski definition) is 1. The van der Waals surface area contributed by atoms with Crippen LogP contribution in [0.4, 0.5) is 8.78 Å². The molecule has 4 nitrogen and oxygen atoms in total. The first kappa shape index (κ1) is 17.5. The zero-order chi connectivity index (χ0) is 17.1. The van der Waals surface area contributed by atoms with E-state index in [4.69, 9.17) is 4.74 Å². The van der Waals surface area contributed by atoms with Crippen molar-refractivity contribution in [2.45, 2.75) is 17.4 Å². The van der Waals surface area contributed by atoms with E-state index in [-0.39, 0.29) is 12.1 Å². The molecule has 0 aliphatic carbocycles. The minimum Gasteiger partial charge on any atom is -0.372 e. The fourth-order valence-electron chi connectivity index (χ4n) is 2.14. The molecule has 0 amide bonds. The van der Waals surface area contributed by atoms with E-state index in [0.29, 0.717) is 0 Å². The number of halogens is 2. The van der Waals surface area contributed by atoms with Crippen LogP contribution in [0.25, 0.3) is 0 Å². The molecule has 124 valence electrons. The Balaban J connectivity index is 2.27. The summed E-state index contributed by atoms with van der Waals surface area (Å²) in [5.74, 6) is -1.37. The first-order valence-corrected chi connectivity index (χ1v) is 8.33. The van der Waals surface area contributed by atoms with Crippen molar-refractivity contribution in [2.75, 3.05) is 13.7 Å². The lowest BCUT2D eigenvalue weighted by Crippen LogP contribution is -2.40. The molecule has 23 heavy (non-hydrogen) atoms. The maximum Gasteiger partial charge on any atom is 0.243 e. The third kappa shape index (κ3) is 3.74. The van der Waals surface area contributed by atoms with E-state index in [9.17, 15) is 17.2 Å². The second kappa shape index (κ2) is 6.74. The molecule has 0 fully saturated rings. The SMILES string of the molecule is COC(C)(CNS(=O)(=O)c1ccccc1F)c1ccccc1F. The molecule has 1 unspecified atom stereocenters. The molecule has 2 aromatic carbocycles. The van der Waals surface area contributed by atoms with Gasteiger partial charge >= 0.3 is 0 Å². The molecule has 0 aliphatic rings. The molecular weight excluding hydrogens is 324 g/mol. The average molecular weight is 341 g/mol. The van der Waals surface area contributed by atoms with Crippen LogP contribution >= 0.6 is 0 Å². The second-order valence-corrected chi connectivity index (χ2v) is 6.91. The molecule has 0 bridgehead atoms. The van der Waals surface area contributed by atoms with E-state index in [2.05, 4.69) is 4.72 Å². The first-order chi connectivity index (χ1) is 10.8. The molecule has 0 heterocycles. The molecule has 2 aromatic rings. The summed E-state index contributed by atoms with van der Waals surface area (Å²) in [6.07, 6.45) is 0. The van der Waals surface area contributed by atoms with Crippen molar-refractivity contribution in [3.05, 3.63) is 65.7 Å². The Morgan fingerprint density at radius 1 is 1.04 bits per heavy atom. The van der Waals surface area contributed by atoms with Crippen LogP contribution in [0.3, 0.4) is 0 Å². The van der Waals surface area contributed by atoms with Gasteiger partial charge in [-0.3, -0.25) is 0 Å². The number of sulfonamides is 1. The highest BCUT2D eigenvalue weighted by molar-refractivity contribution is 7.89. The Morgan fingerprint density at radius 2 is 1.61 bits per heavy atom. The van der Waals surface area contributed by atoms with Gasteiger partial charge in [-0.2, -0.15) is 0 Å². The number of ether oxygens (including phenoxy) is 1. The molecule has 0 radical (unpaired) electrons. The molecule has 1 N–H and O–H groups in total. The molecule has 7 heteroatoms. The molecule has 0 saturated heterocycles. The summed E-state index contributed by atoms with van der Waals surface area (Å²) in [6.45, 7) is 1.30. The minimum atomic E-state index is -4.08. The van der Waals surface area contributed by atoms with Crippen molar-refractivity contribution in [1.29, 1.82) is 0 Å². The minimum absolute atomic E-state index is 0.207. The predicted octanol–water partition coefficient (Wildman–Crippen LogP) is 2.80. The summed E-state index contributed by atoms with van der Waals surface area (Å²) < 4.78 is 59.7. The highest BCUT2D eigenvalue weighted by atomic mass is 32.2. The Kier molecular flexibility index (Phi) is 5.13. The summed E-state index contributed by atoms with van der Waals surface area (Å²) >= 11 is 0. The van der Waals surface area contributed by atoms with Crippen LogP contribution in [0.5, 0.6) is 0 Å². The molecule has 0 aromatic heterocycles.